The van der Waals surface area contributed by atoms with Crippen molar-refractivity contribution in [3.63, 3.8) is 0 Å². The first kappa shape index (κ1) is 44.3. The van der Waals surface area contributed by atoms with E-state index in [2.05, 4.69) is 12.1 Å². The highest BCUT2D eigenvalue weighted by molar-refractivity contribution is 5.75. The largest absolute Gasteiger partial charge is 0.493 e. The summed E-state index contributed by atoms with van der Waals surface area (Å²) in [7, 11) is 0. The molecule has 2 aromatic heterocycles. The highest BCUT2D eigenvalue weighted by Gasteiger charge is 2.22. The van der Waals surface area contributed by atoms with Gasteiger partial charge in [-0.1, -0.05) is 48.5 Å². The van der Waals surface area contributed by atoms with E-state index in [1.54, 1.807) is 6.92 Å². The molecule has 0 fully saturated rings. The summed E-state index contributed by atoms with van der Waals surface area (Å²) in [6.45, 7) is 12.7. The lowest BCUT2D eigenvalue weighted by atomic mass is 10.0. The first-order chi connectivity index (χ1) is 29.5. The number of aromatic nitrogens is 2. The van der Waals surface area contributed by atoms with Gasteiger partial charge in [0, 0.05) is 50.0 Å². The van der Waals surface area contributed by atoms with Crippen molar-refractivity contribution in [1.29, 1.82) is 0 Å². The summed E-state index contributed by atoms with van der Waals surface area (Å²) in [4.78, 5) is 33.4. The van der Waals surface area contributed by atoms with Gasteiger partial charge in [0.15, 0.2) is 12.2 Å². The van der Waals surface area contributed by atoms with E-state index in [1.165, 1.54) is 0 Å². The van der Waals surface area contributed by atoms with Gasteiger partial charge in [-0.05, 0) is 112 Å². The summed E-state index contributed by atoms with van der Waals surface area (Å²) in [5.74, 6) is 2.68. The molecule has 2 atom stereocenters. The van der Waals surface area contributed by atoms with Gasteiger partial charge >= 0.3 is 11.9 Å². The number of hydrogen-bond acceptors (Lipinski definition) is 11. The molecule has 0 aliphatic carbocycles. The highest BCUT2D eigenvalue weighted by Crippen LogP contribution is 2.29. The first-order valence-electron chi connectivity index (χ1n) is 20.7. The maximum absolute atomic E-state index is 12.4. The minimum absolute atomic E-state index is 0.200. The van der Waals surface area contributed by atoms with E-state index in [1.807, 2.05) is 120 Å². The van der Waals surface area contributed by atoms with Gasteiger partial charge in [-0.2, -0.15) is 0 Å². The number of nitrogens with zero attached hydrogens (tertiary/aromatic N) is 2. The highest BCUT2D eigenvalue weighted by atomic mass is 16.6. The topological polar surface area (TPSA) is 153 Å². The zero-order valence-corrected chi connectivity index (χ0v) is 35.6. The van der Waals surface area contributed by atoms with Gasteiger partial charge in [-0.25, -0.2) is 19.6 Å². The Labute approximate surface area is 356 Å². The minimum atomic E-state index is -0.973. The summed E-state index contributed by atoms with van der Waals surface area (Å²) in [5, 5.41) is 9.35. The second kappa shape index (κ2) is 21.3. The van der Waals surface area contributed by atoms with E-state index >= 15 is 0 Å². The molecule has 320 valence electrons. The van der Waals surface area contributed by atoms with E-state index in [0.29, 0.717) is 69.6 Å². The lowest BCUT2D eigenvalue weighted by molar-refractivity contribution is -0.160. The van der Waals surface area contributed by atoms with Gasteiger partial charge in [-0.3, -0.25) is 0 Å². The second-order valence-corrected chi connectivity index (χ2v) is 14.8. The Morgan fingerprint density at radius 3 is 1.38 bits per heavy atom. The van der Waals surface area contributed by atoms with Crippen molar-refractivity contribution >= 4 is 11.9 Å². The van der Waals surface area contributed by atoms with Crippen molar-refractivity contribution in [1.82, 2.24) is 9.97 Å². The minimum Gasteiger partial charge on any atom is -0.493 e. The summed E-state index contributed by atoms with van der Waals surface area (Å²) in [6, 6.07) is 31.2. The number of hydrogen-bond donors (Lipinski definition) is 1. The van der Waals surface area contributed by atoms with Crippen LogP contribution < -0.4 is 9.47 Å². The van der Waals surface area contributed by atoms with Crippen LogP contribution in [0.25, 0.3) is 34.0 Å². The fourth-order valence-corrected chi connectivity index (χ4v) is 6.72. The average molecular weight is 831 g/mol. The molecule has 2 heterocycles. The molecule has 61 heavy (non-hydrogen) atoms. The number of rotatable bonds is 22. The van der Waals surface area contributed by atoms with Crippen LogP contribution in [0.3, 0.4) is 0 Å². The number of carbonyl (C=O) groups excluding carboxylic acids is 1. The van der Waals surface area contributed by atoms with Crippen LogP contribution in [0.15, 0.2) is 106 Å². The van der Waals surface area contributed by atoms with Crippen LogP contribution in [0.4, 0.5) is 0 Å². The summed E-state index contributed by atoms with van der Waals surface area (Å²) < 4.78 is 40.4. The monoisotopic (exact) mass is 830 g/mol. The predicted molar refractivity (Wildman–Crippen MR) is 231 cm³/mol. The third kappa shape index (κ3) is 12.4. The van der Waals surface area contributed by atoms with Crippen LogP contribution in [0.1, 0.15) is 61.7 Å². The van der Waals surface area contributed by atoms with Gasteiger partial charge in [0.25, 0.3) is 0 Å². The Morgan fingerprint density at radius 2 is 0.984 bits per heavy atom. The van der Waals surface area contributed by atoms with Gasteiger partial charge in [0.1, 0.15) is 23.0 Å². The Balaban J connectivity index is 0.974. The molecule has 12 nitrogen and oxygen atoms in total. The van der Waals surface area contributed by atoms with Crippen molar-refractivity contribution in [3.05, 3.63) is 131 Å². The molecule has 0 aliphatic heterocycles. The molecule has 0 radical (unpaired) electrons. The van der Waals surface area contributed by atoms with E-state index in [-0.39, 0.29) is 12.1 Å². The maximum atomic E-state index is 12.4. The molecule has 0 saturated heterocycles. The van der Waals surface area contributed by atoms with E-state index in [9.17, 15) is 14.7 Å². The van der Waals surface area contributed by atoms with Crippen LogP contribution in [0, 0.1) is 13.8 Å². The first-order valence-corrected chi connectivity index (χ1v) is 20.7. The molecule has 6 rings (SSSR count). The fraction of sp³-hybridized carbons (Fsp3) is 0.347. The van der Waals surface area contributed by atoms with Crippen LogP contribution in [0.2, 0.25) is 0 Å². The molecule has 0 aliphatic rings. The van der Waals surface area contributed by atoms with Crippen LogP contribution in [-0.2, 0) is 49.5 Å². The van der Waals surface area contributed by atoms with E-state index in [0.717, 1.165) is 62.0 Å². The number of oxazole rings is 2. The number of carboxylic acid groups (broad SMARTS) is 1. The Bertz CT molecular complexity index is 2310. The lowest BCUT2D eigenvalue weighted by Gasteiger charge is -2.18. The molecule has 0 saturated carbocycles. The number of carbonyl (C=O) groups is 2. The SMILES string of the molecule is CCOC(Cc1ccc(OCCc2nc(-c3ccc(-c4ccc(-c5nc(CCOc6ccc(C[C@H](OCC)C(=O)O)cc6)c(C)o5)cc4)cc3)oc2C)cc1)C(=O)OC(C)C. The number of aliphatic carboxylic acids is 1. The molecule has 0 amide bonds. The van der Waals surface area contributed by atoms with E-state index < -0.39 is 18.2 Å². The lowest BCUT2D eigenvalue weighted by Crippen LogP contribution is -2.30. The molecular formula is C49H54N2O10. The van der Waals surface area contributed by atoms with Crippen molar-refractivity contribution in [3.8, 4) is 45.5 Å². The molecule has 1 unspecified atom stereocenters. The number of esters is 1. The Hall–Kier alpha value is -6.24. The van der Waals surface area contributed by atoms with Gasteiger partial charge < -0.3 is 37.6 Å². The summed E-state index contributed by atoms with van der Waals surface area (Å²) in [5.41, 5.74) is 7.33. The van der Waals surface area contributed by atoms with E-state index in [4.69, 9.17) is 42.5 Å². The normalized spacial score (nSPS) is 12.3. The number of ether oxygens (including phenoxy) is 5. The molecular weight excluding hydrogens is 777 g/mol. The molecule has 12 heteroatoms. The van der Waals surface area contributed by atoms with Crippen LogP contribution in [0.5, 0.6) is 11.5 Å². The maximum Gasteiger partial charge on any atom is 0.335 e. The Kier molecular flexibility index (Phi) is 15.5. The van der Waals surface area contributed by atoms with Crippen molar-refractivity contribution < 1.29 is 47.2 Å². The average Bonchev–Trinajstić information content (AvgIpc) is 3.82. The van der Waals surface area contributed by atoms with Crippen molar-refractivity contribution in [2.24, 2.45) is 0 Å². The molecule has 0 spiro atoms. The molecule has 6 aromatic rings. The number of carboxylic acids is 1. The fourth-order valence-electron chi connectivity index (χ4n) is 6.72. The number of benzene rings is 4. The Morgan fingerprint density at radius 1 is 0.590 bits per heavy atom. The standard InChI is InChI=1S/C49H54N2O10/c1-7-55-44(48(52)53)29-34-9-21-40(22-10-34)57-27-25-42-32(5)60-46(50-42)38-17-13-36(14-18-38)37-15-19-39(20-16-37)47-51-43(33(6)61-47)26-28-58-41-23-11-35(12-24-41)30-45(56-8-2)49(54)59-31(3)4/h9-24,31,44-45H,7-8,25-30H2,1-6H3,(H,52,53)/t44-,45?/m0/s1. The zero-order chi connectivity index (χ0) is 43.3. The number of aryl methyl sites for hydroxylation is 2. The van der Waals surface area contributed by atoms with Crippen molar-refractivity contribution in [2.45, 2.75) is 85.5 Å². The summed E-state index contributed by atoms with van der Waals surface area (Å²) in [6.07, 6.45) is 0.146. The third-order valence-electron chi connectivity index (χ3n) is 9.91. The summed E-state index contributed by atoms with van der Waals surface area (Å²) >= 11 is 0. The molecule has 4 aromatic carbocycles. The van der Waals surface area contributed by atoms with Crippen LogP contribution in [-0.4, -0.2) is 71.8 Å². The zero-order valence-electron chi connectivity index (χ0n) is 35.6. The molecule has 1 N–H and O–H groups in total. The smallest absolute Gasteiger partial charge is 0.335 e. The van der Waals surface area contributed by atoms with Crippen LogP contribution >= 0.6 is 0 Å². The quantitative estimate of drug-likeness (QED) is 0.0649. The van der Waals surface area contributed by atoms with Crippen molar-refractivity contribution in [2.75, 3.05) is 26.4 Å². The predicted octanol–water partition coefficient (Wildman–Crippen LogP) is 9.45. The second-order valence-electron chi connectivity index (χ2n) is 14.8. The van der Waals surface area contributed by atoms with Gasteiger partial charge in [0.2, 0.25) is 11.8 Å². The third-order valence-corrected chi connectivity index (χ3v) is 9.91. The molecule has 0 bridgehead atoms. The van der Waals surface area contributed by atoms with Gasteiger partial charge in [0.05, 0.1) is 30.7 Å². The van der Waals surface area contributed by atoms with Gasteiger partial charge in [-0.15, -0.1) is 0 Å².